The van der Waals surface area contributed by atoms with Gasteiger partial charge < -0.3 is 15.0 Å². The maximum absolute atomic E-state index is 11.3. The molecule has 0 spiro atoms. The smallest absolute Gasteiger partial charge is 0.168 e. The lowest BCUT2D eigenvalue weighted by atomic mass is 9.99. The summed E-state index contributed by atoms with van der Waals surface area (Å²) in [6.07, 6.45) is 16.9. The van der Waals surface area contributed by atoms with E-state index in [1.165, 1.54) is 10.5 Å². The average Bonchev–Trinajstić information content (AvgIpc) is 2.63. The van der Waals surface area contributed by atoms with E-state index >= 15 is 0 Å². The van der Waals surface area contributed by atoms with E-state index in [2.05, 4.69) is 50.6 Å². The molecule has 1 aliphatic heterocycles. The van der Waals surface area contributed by atoms with Crippen molar-refractivity contribution in [1.29, 1.82) is 0 Å². The molecule has 5 nitrogen and oxygen atoms in total. The third-order valence-electron chi connectivity index (χ3n) is 4.46. The van der Waals surface area contributed by atoms with Crippen LogP contribution < -0.4 is 10.1 Å². The third kappa shape index (κ3) is 4.15. The van der Waals surface area contributed by atoms with Gasteiger partial charge in [0.05, 0.1) is 20.6 Å². The van der Waals surface area contributed by atoms with Crippen LogP contribution in [0.2, 0.25) is 0 Å². The van der Waals surface area contributed by atoms with Gasteiger partial charge in [-0.25, -0.2) is 5.21 Å². The standard InChI is InChI=1S/C20H23N3O2/c1-21(2)19-9-7-16(8-10-19)17-11-13-22(14-12-17)15-18-5-3-4-6-20(18)23(24)25/h3-14,19,23-24H,15H2,1-2H3/p+1. The molecule has 5 heteroatoms. The van der Waals surface area contributed by atoms with Crippen molar-refractivity contribution >= 4 is 5.69 Å². The van der Waals surface area contributed by atoms with Crippen LogP contribution in [0.5, 0.6) is 0 Å². The SMILES string of the molecule is C[NH+](C)C1C=CC(=C2C=CN(Cc3ccccc3[NH+]([O-])O)C=C2)C=C1. The Bertz CT molecular complexity index is 741. The Morgan fingerprint density at radius 3 is 2.20 bits per heavy atom. The van der Waals surface area contributed by atoms with Crippen LogP contribution in [0.3, 0.4) is 0 Å². The van der Waals surface area contributed by atoms with Gasteiger partial charge in [0.15, 0.2) is 5.69 Å². The van der Waals surface area contributed by atoms with Gasteiger partial charge in [0.1, 0.15) is 6.04 Å². The van der Waals surface area contributed by atoms with Crippen molar-refractivity contribution in [2.75, 3.05) is 14.1 Å². The highest BCUT2D eigenvalue weighted by molar-refractivity contribution is 5.50. The molecule has 0 fully saturated rings. The summed E-state index contributed by atoms with van der Waals surface area (Å²) < 4.78 is 0. The summed E-state index contributed by atoms with van der Waals surface area (Å²) in [5, 5.41) is 19.7. The first-order valence-corrected chi connectivity index (χ1v) is 8.38. The summed E-state index contributed by atoms with van der Waals surface area (Å²) >= 11 is 0. The molecule has 1 aliphatic carbocycles. The lowest BCUT2D eigenvalue weighted by Gasteiger charge is -2.22. The van der Waals surface area contributed by atoms with E-state index in [1.807, 2.05) is 29.4 Å². The van der Waals surface area contributed by atoms with Gasteiger partial charge in [-0.05, 0) is 35.5 Å². The largest absolute Gasteiger partial charge is 0.595 e. The molecule has 0 saturated heterocycles. The maximum Gasteiger partial charge on any atom is 0.168 e. The third-order valence-corrected chi connectivity index (χ3v) is 4.46. The zero-order chi connectivity index (χ0) is 17.8. The summed E-state index contributed by atoms with van der Waals surface area (Å²) in [4.78, 5) is 3.38. The molecule has 25 heavy (non-hydrogen) atoms. The van der Waals surface area contributed by atoms with Crippen LogP contribution in [-0.2, 0) is 6.54 Å². The van der Waals surface area contributed by atoms with Gasteiger partial charge in [-0.1, -0.05) is 30.4 Å². The number of rotatable bonds is 4. The second kappa shape index (κ2) is 7.63. The predicted molar refractivity (Wildman–Crippen MR) is 97.9 cm³/mol. The fraction of sp³-hybridized carbons (Fsp3) is 0.200. The zero-order valence-corrected chi connectivity index (χ0v) is 14.5. The van der Waals surface area contributed by atoms with Crippen LogP contribution in [0.15, 0.2) is 84.3 Å². The van der Waals surface area contributed by atoms with Gasteiger partial charge in [0.25, 0.3) is 0 Å². The lowest BCUT2D eigenvalue weighted by Crippen LogP contribution is -3.09. The Morgan fingerprint density at radius 2 is 1.60 bits per heavy atom. The minimum Gasteiger partial charge on any atom is -0.595 e. The number of hydrogen-bond donors (Lipinski definition) is 3. The number of para-hydroxylation sites is 1. The highest BCUT2D eigenvalue weighted by atomic mass is 16.8. The highest BCUT2D eigenvalue weighted by Gasteiger charge is 2.13. The molecule has 130 valence electrons. The van der Waals surface area contributed by atoms with E-state index in [0.717, 1.165) is 11.1 Å². The van der Waals surface area contributed by atoms with Gasteiger partial charge in [0.2, 0.25) is 0 Å². The molecule has 0 saturated carbocycles. The van der Waals surface area contributed by atoms with Crippen molar-refractivity contribution in [1.82, 2.24) is 4.90 Å². The van der Waals surface area contributed by atoms with E-state index in [4.69, 9.17) is 0 Å². The lowest BCUT2D eigenvalue weighted by molar-refractivity contribution is -0.991. The summed E-state index contributed by atoms with van der Waals surface area (Å²) in [5.74, 6) is 0. The molecule has 1 heterocycles. The normalized spacial score (nSPS) is 20.7. The van der Waals surface area contributed by atoms with Crippen molar-refractivity contribution in [3.05, 3.63) is 95.0 Å². The fourth-order valence-electron chi connectivity index (χ4n) is 2.93. The van der Waals surface area contributed by atoms with E-state index in [0.29, 0.717) is 18.3 Å². The van der Waals surface area contributed by atoms with Gasteiger partial charge in [-0.3, -0.25) is 0 Å². The van der Waals surface area contributed by atoms with E-state index < -0.39 is 5.23 Å². The molecular weight excluding hydrogens is 314 g/mol. The molecule has 0 radical (unpaired) electrons. The number of quaternary nitrogens is 2. The maximum atomic E-state index is 11.3. The van der Waals surface area contributed by atoms with Gasteiger partial charge in [-0.15, -0.1) is 0 Å². The second-order valence-corrected chi connectivity index (χ2v) is 6.50. The van der Waals surface area contributed by atoms with Crippen molar-refractivity contribution in [2.24, 2.45) is 0 Å². The first kappa shape index (κ1) is 17.4. The van der Waals surface area contributed by atoms with Crippen molar-refractivity contribution in [3.8, 4) is 0 Å². The number of nitrogens with zero attached hydrogens (tertiary/aromatic N) is 1. The van der Waals surface area contributed by atoms with Crippen molar-refractivity contribution in [2.45, 2.75) is 12.6 Å². The van der Waals surface area contributed by atoms with Crippen LogP contribution in [0.4, 0.5) is 5.69 Å². The molecule has 1 aromatic rings. The minimum atomic E-state index is -0.890. The molecule has 1 atom stereocenters. The van der Waals surface area contributed by atoms with E-state index in [1.54, 1.807) is 12.1 Å². The van der Waals surface area contributed by atoms with E-state index in [9.17, 15) is 10.4 Å². The molecule has 2 aliphatic rings. The van der Waals surface area contributed by atoms with Crippen LogP contribution in [0, 0.1) is 5.21 Å². The quantitative estimate of drug-likeness (QED) is 0.714. The number of hydrogen-bond acceptors (Lipinski definition) is 3. The van der Waals surface area contributed by atoms with Crippen LogP contribution in [0.25, 0.3) is 0 Å². The van der Waals surface area contributed by atoms with E-state index in [-0.39, 0.29) is 0 Å². The van der Waals surface area contributed by atoms with Gasteiger partial charge in [0, 0.05) is 24.0 Å². The van der Waals surface area contributed by atoms with Crippen molar-refractivity contribution < 1.29 is 15.3 Å². The Morgan fingerprint density at radius 1 is 1.00 bits per heavy atom. The first-order valence-electron chi connectivity index (χ1n) is 8.38. The predicted octanol–water partition coefficient (Wildman–Crippen LogP) is 0.869. The molecule has 3 N–H and O–H groups in total. The Kier molecular flexibility index (Phi) is 5.31. The molecule has 3 rings (SSSR count). The van der Waals surface area contributed by atoms with Crippen LogP contribution in [-0.4, -0.2) is 30.2 Å². The molecule has 1 unspecified atom stereocenters. The summed E-state index contributed by atoms with van der Waals surface area (Å²) in [5.41, 5.74) is 3.50. The van der Waals surface area contributed by atoms with Gasteiger partial charge in [-0.2, -0.15) is 5.23 Å². The Labute approximate surface area is 148 Å². The minimum absolute atomic E-state index is 0.351. The molecular formula is C20H24N3O2+. The van der Waals surface area contributed by atoms with Crippen molar-refractivity contribution in [3.63, 3.8) is 0 Å². The highest BCUT2D eigenvalue weighted by Crippen LogP contribution is 2.21. The zero-order valence-electron chi connectivity index (χ0n) is 14.5. The molecule has 0 bridgehead atoms. The number of allylic oxidation sites excluding steroid dienone is 6. The monoisotopic (exact) mass is 338 g/mol. The number of likely N-dealkylation sites (N-methyl/N-ethyl adjacent to an activating group) is 1. The average molecular weight is 338 g/mol. The van der Waals surface area contributed by atoms with Gasteiger partial charge >= 0.3 is 0 Å². The number of benzene rings is 1. The fourth-order valence-corrected chi connectivity index (χ4v) is 2.93. The Hall–Kier alpha value is -2.44. The Balaban J connectivity index is 1.71. The first-order chi connectivity index (χ1) is 12.0. The topological polar surface area (TPSA) is 55.4 Å². The van der Waals surface area contributed by atoms with Crippen LogP contribution >= 0.6 is 0 Å². The second-order valence-electron chi connectivity index (χ2n) is 6.50. The summed E-state index contributed by atoms with van der Waals surface area (Å²) in [6, 6.07) is 7.54. The molecule has 0 aromatic heterocycles. The number of nitrogens with one attached hydrogen (secondary N) is 2. The molecule has 0 amide bonds. The molecule has 1 aromatic carbocycles. The summed E-state index contributed by atoms with van der Waals surface area (Å²) in [6.45, 7) is 0.538. The van der Waals surface area contributed by atoms with Crippen LogP contribution in [0.1, 0.15) is 5.56 Å². The summed E-state index contributed by atoms with van der Waals surface area (Å²) in [7, 11) is 4.29.